The predicted molar refractivity (Wildman–Crippen MR) is 99.8 cm³/mol. The molecule has 5 atom stereocenters. The summed E-state index contributed by atoms with van der Waals surface area (Å²) in [6.45, 7) is 9.56. The summed E-state index contributed by atoms with van der Waals surface area (Å²) in [5.41, 5.74) is -0.552. The maximum atomic E-state index is 12.2. The molecule has 0 aromatic carbocycles. The summed E-state index contributed by atoms with van der Waals surface area (Å²) in [4.78, 5) is 48.1. The smallest absolute Gasteiger partial charge is 0.321 e. The average Bonchev–Trinajstić information content (AvgIpc) is 2.93. The zero-order chi connectivity index (χ0) is 22.7. The first-order chi connectivity index (χ1) is 13.3. The zero-order valence-corrected chi connectivity index (χ0v) is 17.0. The van der Waals surface area contributed by atoms with Crippen molar-refractivity contribution in [3.63, 3.8) is 0 Å². The Morgan fingerprint density at radius 1 is 1.10 bits per heavy atom. The van der Waals surface area contributed by atoms with Crippen LogP contribution in [0.15, 0.2) is 12.2 Å². The molecule has 0 saturated carbocycles. The Morgan fingerprint density at radius 2 is 1.62 bits per heavy atom. The first-order valence-corrected chi connectivity index (χ1v) is 9.21. The van der Waals surface area contributed by atoms with Gasteiger partial charge in [0.05, 0.1) is 11.8 Å². The second-order valence-electron chi connectivity index (χ2n) is 7.96. The molecule has 0 aliphatic carbocycles. The Hall–Kier alpha value is -2.46. The van der Waals surface area contributed by atoms with E-state index in [1.807, 2.05) is 0 Å². The summed E-state index contributed by atoms with van der Waals surface area (Å²) < 4.78 is 5.08. The normalized spacial score (nSPS) is 26.0. The highest BCUT2D eigenvalue weighted by molar-refractivity contribution is 5.82. The van der Waals surface area contributed by atoms with Crippen LogP contribution in [0.4, 0.5) is 0 Å². The number of carboxylic acids is 3. The van der Waals surface area contributed by atoms with E-state index in [0.717, 1.165) is 4.90 Å². The Bertz CT molecular complexity index is 687. The number of hydrogen-bond acceptors (Lipinski definition) is 7. The van der Waals surface area contributed by atoms with Gasteiger partial charge in [0.1, 0.15) is 24.9 Å². The third-order valence-electron chi connectivity index (χ3n) is 5.48. The number of nitrogens with zero attached hydrogens (tertiary/aromatic N) is 1. The molecule has 1 rings (SSSR count). The van der Waals surface area contributed by atoms with Crippen LogP contribution in [0, 0.1) is 17.3 Å². The van der Waals surface area contributed by atoms with Crippen molar-refractivity contribution < 1.29 is 44.3 Å². The molecule has 0 aromatic heterocycles. The highest BCUT2D eigenvalue weighted by Gasteiger charge is 2.57. The number of aliphatic hydroxyl groups is 1. The summed E-state index contributed by atoms with van der Waals surface area (Å²) >= 11 is 0. The van der Waals surface area contributed by atoms with Crippen LogP contribution in [-0.2, 0) is 23.9 Å². The molecule has 0 spiro atoms. The molecule has 1 heterocycles. The van der Waals surface area contributed by atoms with Gasteiger partial charge in [-0.1, -0.05) is 19.1 Å². The van der Waals surface area contributed by atoms with Crippen molar-refractivity contribution in [3.05, 3.63) is 12.2 Å². The van der Waals surface area contributed by atoms with Gasteiger partial charge >= 0.3 is 23.9 Å². The summed E-state index contributed by atoms with van der Waals surface area (Å²) in [5.74, 6) is -7.01. The van der Waals surface area contributed by atoms with Crippen LogP contribution in [0.3, 0.4) is 0 Å². The number of carbonyl (C=O) groups is 4. The number of carboxylic acid groups (broad SMARTS) is 3. The molecule has 0 aromatic rings. The monoisotopic (exact) mass is 415 g/mol. The lowest BCUT2D eigenvalue weighted by Gasteiger charge is -2.32. The van der Waals surface area contributed by atoms with Crippen molar-refractivity contribution in [2.75, 3.05) is 6.61 Å². The quantitative estimate of drug-likeness (QED) is 0.296. The molecule has 1 aliphatic heterocycles. The lowest BCUT2D eigenvalue weighted by atomic mass is 9.80. The van der Waals surface area contributed by atoms with E-state index in [2.05, 4.69) is 6.58 Å². The zero-order valence-electron chi connectivity index (χ0n) is 17.0. The molecule has 1 fully saturated rings. The molecular formula is C19H29NO9. The van der Waals surface area contributed by atoms with Crippen molar-refractivity contribution in [3.8, 4) is 0 Å². The fraction of sp³-hybridized carbons (Fsp3) is 0.684. The van der Waals surface area contributed by atoms with Gasteiger partial charge in [0.15, 0.2) is 0 Å². The topological polar surface area (TPSA) is 162 Å². The summed E-state index contributed by atoms with van der Waals surface area (Å²) in [7, 11) is 0. The minimum Gasteiger partial charge on any atom is -0.481 e. The van der Waals surface area contributed by atoms with E-state index in [4.69, 9.17) is 4.74 Å². The van der Waals surface area contributed by atoms with Gasteiger partial charge in [-0.25, -0.2) is 4.90 Å². The van der Waals surface area contributed by atoms with Crippen molar-refractivity contribution in [2.24, 2.45) is 17.3 Å². The van der Waals surface area contributed by atoms with Crippen molar-refractivity contribution in [2.45, 2.75) is 58.8 Å². The van der Waals surface area contributed by atoms with Crippen LogP contribution in [-0.4, -0.2) is 74.1 Å². The second-order valence-corrected chi connectivity index (χ2v) is 7.96. The molecule has 10 heteroatoms. The number of ether oxygens (including phenoxy) is 1. The Labute approximate surface area is 168 Å². The minimum atomic E-state index is -1.76. The molecule has 1 aliphatic rings. The van der Waals surface area contributed by atoms with Crippen LogP contribution < -0.4 is 0 Å². The van der Waals surface area contributed by atoms with Gasteiger partial charge in [0, 0.05) is 11.8 Å². The van der Waals surface area contributed by atoms with Crippen molar-refractivity contribution in [1.82, 2.24) is 4.90 Å². The molecule has 5 unspecified atom stereocenters. The number of aliphatic hydroxyl groups excluding tert-OH is 1. The van der Waals surface area contributed by atoms with Crippen LogP contribution in [0.1, 0.15) is 40.5 Å². The van der Waals surface area contributed by atoms with E-state index in [9.17, 15) is 39.6 Å². The first-order valence-electron chi connectivity index (χ1n) is 9.21. The third-order valence-corrected chi connectivity index (χ3v) is 5.48. The van der Waals surface area contributed by atoms with Crippen LogP contribution in [0.25, 0.3) is 0 Å². The predicted octanol–water partition coefficient (Wildman–Crippen LogP) is 0.789. The number of likely N-dealkylation sites (tertiary alicyclic amines) is 1. The van der Waals surface area contributed by atoms with E-state index >= 15 is 0 Å². The van der Waals surface area contributed by atoms with E-state index in [-0.39, 0.29) is 5.57 Å². The largest absolute Gasteiger partial charge is 0.481 e. The van der Waals surface area contributed by atoms with Gasteiger partial charge in [-0.05, 0) is 27.2 Å². The van der Waals surface area contributed by atoms with Gasteiger partial charge in [0.2, 0.25) is 0 Å². The van der Waals surface area contributed by atoms with Crippen LogP contribution >= 0.6 is 0 Å². The van der Waals surface area contributed by atoms with Crippen molar-refractivity contribution >= 4 is 23.9 Å². The maximum Gasteiger partial charge on any atom is 0.321 e. The average molecular weight is 415 g/mol. The molecule has 0 radical (unpaired) electrons. The van der Waals surface area contributed by atoms with E-state index in [1.165, 1.54) is 6.92 Å². The van der Waals surface area contributed by atoms with E-state index in [1.54, 1.807) is 20.8 Å². The number of esters is 1. The molecule has 0 amide bonds. The van der Waals surface area contributed by atoms with Gasteiger partial charge < -0.3 is 25.2 Å². The standard InChI is InChI=1S/C19H29NO9/c1-6-19(4,5)18(28)29-8-11(21)20-14(16(24)25)10(7-12(22)23)13(9(2)3)15(20)17(26)27/h10-11,13-15,21H,2,6-8H2,1,3-5H3,(H,22,23)(H,24,25)(H,26,27). The van der Waals surface area contributed by atoms with Crippen molar-refractivity contribution in [1.29, 1.82) is 0 Å². The van der Waals surface area contributed by atoms with Crippen LogP contribution in [0.2, 0.25) is 0 Å². The lowest BCUT2D eigenvalue weighted by molar-refractivity contribution is -0.169. The fourth-order valence-electron chi connectivity index (χ4n) is 3.62. The Morgan fingerprint density at radius 3 is 2.00 bits per heavy atom. The van der Waals surface area contributed by atoms with Crippen LogP contribution in [0.5, 0.6) is 0 Å². The fourth-order valence-corrected chi connectivity index (χ4v) is 3.62. The highest BCUT2D eigenvalue weighted by atomic mass is 16.5. The third kappa shape index (κ3) is 5.33. The Balaban J connectivity index is 3.28. The summed E-state index contributed by atoms with van der Waals surface area (Å²) in [6.07, 6.45) is -1.92. The van der Waals surface area contributed by atoms with E-state index in [0.29, 0.717) is 6.42 Å². The molecule has 1 saturated heterocycles. The Kier molecular flexibility index (Phi) is 7.93. The van der Waals surface area contributed by atoms with Gasteiger partial charge in [-0.2, -0.15) is 0 Å². The van der Waals surface area contributed by atoms with Gasteiger partial charge in [0.25, 0.3) is 0 Å². The SMILES string of the molecule is C=C(C)C1C(CC(=O)O)C(C(=O)O)N(C(O)COC(=O)C(C)(C)CC)C1C(=O)O. The summed E-state index contributed by atoms with van der Waals surface area (Å²) in [6, 6.07) is -3.15. The first kappa shape index (κ1) is 24.6. The lowest BCUT2D eigenvalue weighted by Crippen LogP contribution is -2.53. The summed E-state index contributed by atoms with van der Waals surface area (Å²) in [5, 5.41) is 39.2. The molecule has 29 heavy (non-hydrogen) atoms. The van der Waals surface area contributed by atoms with Gasteiger partial charge in [-0.3, -0.25) is 19.2 Å². The maximum absolute atomic E-state index is 12.2. The number of carbonyl (C=O) groups excluding carboxylic acids is 1. The molecule has 10 nitrogen and oxygen atoms in total. The molecule has 4 N–H and O–H groups in total. The second kappa shape index (κ2) is 9.36. The molecular weight excluding hydrogens is 386 g/mol. The molecule has 164 valence electrons. The van der Waals surface area contributed by atoms with Gasteiger partial charge in [-0.15, -0.1) is 0 Å². The van der Waals surface area contributed by atoms with E-state index < -0.39 is 72.5 Å². The highest BCUT2D eigenvalue weighted by Crippen LogP contribution is 2.42. The number of rotatable bonds is 10. The molecule has 0 bridgehead atoms. The minimum absolute atomic E-state index is 0.286. The number of aliphatic carboxylic acids is 3. The number of hydrogen-bond donors (Lipinski definition) is 4.